The molecule has 1 aromatic rings. The first kappa shape index (κ1) is 53.4. The number of aryl methyl sites for hydroxylation is 1. The number of urea groups is 1. The van der Waals surface area contributed by atoms with Crippen molar-refractivity contribution in [1.82, 2.24) is 25.8 Å². The highest BCUT2D eigenvalue weighted by Crippen LogP contribution is 2.29. The predicted octanol–water partition coefficient (Wildman–Crippen LogP) is 6.28. The number of likely N-dealkylation sites (N-methyl/N-ethyl adjacent to an activating group) is 1. The predicted molar refractivity (Wildman–Crippen MR) is 221 cm³/mol. The number of rotatable bonds is 18. The van der Waals surface area contributed by atoms with E-state index in [0.717, 1.165) is 19.3 Å². The van der Waals surface area contributed by atoms with Gasteiger partial charge in [-0.15, -0.1) is 0 Å². The number of carboxylic acids is 1. The van der Waals surface area contributed by atoms with Gasteiger partial charge in [-0.1, -0.05) is 118 Å². The highest BCUT2D eigenvalue weighted by atomic mass is 16.5. The molecule has 13 heteroatoms. The Labute approximate surface area is 333 Å². The third-order valence-electron chi connectivity index (χ3n) is 9.62. The zero-order valence-corrected chi connectivity index (χ0v) is 36.6. The number of carbonyl (C=O) groups is 5. The van der Waals surface area contributed by atoms with Gasteiger partial charge in [-0.25, -0.2) is 4.79 Å². The highest BCUT2D eigenvalue weighted by Gasteiger charge is 2.42. The molecule has 1 saturated heterocycles. The molecule has 1 heterocycles. The van der Waals surface area contributed by atoms with Gasteiger partial charge in [0.1, 0.15) is 6.54 Å². The number of methoxy groups -OCH3 is 2. The molecule has 0 aliphatic carbocycles. The van der Waals surface area contributed by atoms with Gasteiger partial charge in [0.2, 0.25) is 17.7 Å². The number of nitrogens with zero attached hydrogens (tertiary/aromatic N) is 2. The van der Waals surface area contributed by atoms with Crippen LogP contribution in [0.3, 0.4) is 0 Å². The second kappa shape index (κ2) is 30.5. The first-order valence-corrected chi connectivity index (χ1v) is 20.2. The molecule has 1 fully saturated rings. The summed E-state index contributed by atoms with van der Waals surface area (Å²) in [7, 11) is 4.65. The van der Waals surface area contributed by atoms with Crippen LogP contribution >= 0.6 is 0 Å². The number of ether oxygens (including phenoxy) is 2. The average Bonchev–Trinajstić information content (AvgIpc) is 3.66. The van der Waals surface area contributed by atoms with Crippen molar-refractivity contribution in [1.29, 1.82) is 0 Å². The fraction of sp³-hybridized carbons (Fsp3) is 0.738. The van der Waals surface area contributed by atoms with Gasteiger partial charge >= 0.3 is 12.0 Å². The van der Waals surface area contributed by atoms with Gasteiger partial charge < -0.3 is 40.3 Å². The van der Waals surface area contributed by atoms with Gasteiger partial charge in [0.05, 0.1) is 43.2 Å². The second-order valence-corrected chi connectivity index (χ2v) is 14.2. The zero-order valence-electron chi connectivity index (χ0n) is 36.6. The molecule has 0 aromatic heterocycles. The molecule has 1 aromatic carbocycles. The molecule has 4 N–H and O–H groups in total. The van der Waals surface area contributed by atoms with Crippen LogP contribution in [0.2, 0.25) is 0 Å². The van der Waals surface area contributed by atoms with Crippen LogP contribution in [0.25, 0.3) is 0 Å². The van der Waals surface area contributed by atoms with E-state index in [-0.39, 0.29) is 48.7 Å². The van der Waals surface area contributed by atoms with Crippen molar-refractivity contribution < 1.29 is 38.6 Å². The Morgan fingerprint density at radius 1 is 0.909 bits per heavy atom. The van der Waals surface area contributed by atoms with E-state index in [0.29, 0.717) is 13.0 Å². The molecule has 318 valence electrons. The number of hydrogen-bond donors (Lipinski definition) is 4. The molecule has 13 nitrogen and oxygen atoms in total. The number of likely N-dealkylation sites (tertiary alicyclic amines) is 1. The molecule has 0 saturated carbocycles. The lowest BCUT2D eigenvalue weighted by Crippen LogP contribution is -2.55. The lowest BCUT2D eigenvalue weighted by molar-refractivity contribution is -0.146. The van der Waals surface area contributed by atoms with E-state index in [9.17, 15) is 24.0 Å². The number of aliphatic carboxylic acids is 1. The van der Waals surface area contributed by atoms with Gasteiger partial charge in [0.15, 0.2) is 0 Å². The third kappa shape index (κ3) is 20.1. The molecule has 1 aliphatic rings. The lowest BCUT2D eigenvalue weighted by atomic mass is 9.90. The standard InChI is InChI=1S/C30H55N5O8.C7H8.C3H8.C2H6/c1-10-19(5)27(34(7)25(37)16-32-30(41)33-21(11-2)18(3)4)23(42-8)15-24(36)35-14-12-13-22(35)28(43-9)20(6)29(40)31-17-26(38)39;1-7-5-3-2-4-6-7;1-3-2;1-2/h18-23,27-28H,10-17H2,1-9H3,(H,31,40)(H,38,39)(H2,32,33,41);2-6H,1H3;3H2,1-2H3;1-2H3. The topological polar surface area (TPSA) is 167 Å². The smallest absolute Gasteiger partial charge is 0.322 e. The van der Waals surface area contributed by atoms with Gasteiger partial charge in [-0.3, -0.25) is 19.2 Å². The number of nitrogens with one attached hydrogen (secondary N) is 3. The van der Waals surface area contributed by atoms with Gasteiger partial charge in [-0.2, -0.15) is 0 Å². The van der Waals surface area contributed by atoms with Gasteiger partial charge in [0.25, 0.3) is 0 Å². The summed E-state index contributed by atoms with van der Waals surface area (Å²) in [5, 5.41) is 16.9. The fourth-order valence-electron chi connectivity index (χ4n) is 6.42. The van der Waals surface area contributed by atoms with E-state index in [4.69, 9.17) is 14.6 Å². The van der Waals surface area contributed by atoms with Crippen LogP contribution in [-0.2, 0) is 28.7 Å². The minimum absolute atomic E-state index is 0.00110. The SMILES string of the molecule is CC.CCC.CCC(C)C(C(CC(=O)N1CCCC1C(OC)C(C)C(=O)NCC(=O)O)OC)N(C)C(=O)CNC(=O)NC(CC)C(C)C.Cc1ccccc1. The molecule has 0 bridgehead atoms. The molecule has 0 radical (unpaired) electrons. The van der Waals surface area contributed by atoms with Crippen LogP contribution in [0.5, 0.6) is 0 Å². The number of benzene rings is 1. The maximum Gasteiger partial charge on any atom is 0.322 e. The third-order valence-corrected chi connectivity index (χ3v) is 9.62. The number of hydrogen-bond acceptors (Lipinski definition) is 7. The molecule has 5 amide bonds. The Kier molecular flexibility index (Phi) is 29.6. The van der Waals surface area contributed by atoms with Crippen LogP contribution in [0, 0.1) is 24.7 Å². The zero-order chi connectivity index (χ0) is 42.7. The summed E-state index contributed by atoms with van der Waals surface area (Å²) in [6.07, 6.45) is 2.89. The first-order chi connectivity index (χ1) is 26.0. The van der Waals surface area contributed by atoms with Gasteiger partial charge in [-0.05, 0) is 38.0 Å². The summed E-state index contributed by atoms with van der Waals surface area (Å²) in [6.45, 7) is 21.8. The second-order valence-electron chi connectivity index (χ2n) is 14.2. The van der Waals surface area contributed by atoms with Crippen LogP contribution in [0.15, 0.2) is 30.3 Å². The number of amides is 5. The summed E-state index contributed by atoms with van der Waals surface area (Å²) in [6, 6.07) is 9.05. The van der Waals surface area contributed by atoms with Crippen molar-refractivity contribution in [2.75, 3.05) is 40.9 Å². The molecule has 2 rings (SSSR count). The highest BCUT2D eigenvalue weighted by molar-refractivity contribution is 5.85. The summed E-state index contributed by atoms with van der Waals surface area (Å²) in [5.41, 5.74) is 1.32. The molecule has 1 aliphatic heterocycles. The quantitative estimate of drug-likeness (QED) is 0.135. The molecule has 55 heavy (non-hydrogen) atoms. The minimum atomic E-state index is -1.15. The Morgan fingerprint density at radius 2 is 1.49 bits per heavy atom. The Balaban J connectivity index is 0. The summed E-state index contributed by atoms with van der Waals surface area (Å²) < 4.78 is 11.5. The van der Waals surface area contributed by atoms with Gasteiger partial charge in [0, 0.05) is 33.9 Å². The molecule has 7 atom stereocenters. The van der Waals surface area contributed by atoms with Crippen LogP contribution < -0.4 is 16.0 Å². The molecular weight excluding hydrogens is 702 g/mol. The molecule has 7 unspecified atom stereocenters. The van der Waals surface area contributed by atoms with E-state index in [2.05, 4.69) is 48.9 Å². The van der Waals surface area contributed by atoms with E-state index in [1.54, 1.807) is 23.8 Å². The van der Waals surface area contributed by atoms with Crippen molar-refractivity contribution in [3.05, 3.63) is 35.9 Å². The molecule has 0 spiro atoms. The minimum Gasteiger partial charge on any atom is -0.480 e. The van der Waals surface area contributed by atoms with E-state index in [1.165, 1.54) is 26.2 Å². The first-order valence-electron chi connectivity index (χ1n) is 20.2. The van der Waals surface area contributed by atoms with Crippen molar-refractivity contribution in [2.24, 2.45) is 17.8 Å². The van der Waals surface area contributed by atoms with E-state index < -0.39 is 48.6 Å². The number of carbonyl (C=O) groups excluding carboxylic acids is 4. The monoisotopic (exact) mass is 780 g/mol. The van der Waals surface area contributed by atoms with Crippen molar-refractivity contribution in [3.63, 3.8) is 0 Å². The largest absolute Gasteiger partial charge is 0.480 e. The summed E-state index contributed by atoms with van der Waals surface area (Å²) in [5.74, 6) is -2.52. The van der Waals surface area contributed by atoms with E-state index >= 15 is 0 Å². The average molecular weight is 780 g/mol. The Morgan fingerprint density at radius 3 is 1.93 bits per heavy atom. The Hall–Kier alpha value is -3.71. The van der Waals surface area contributed by atoms with Crippen molar-refractivity contribution in [3.8, 4) is 0 Å². The maximum atomic E-state index is 13.7. The van der Waals surface area contributed by atoms with Crippen molar-refractivity contribution >= 4 is 29.7 Å². The normalized spacial score (nSPS) is 16.5. The van der Waals surface area contributed by atoms with E-state index in [1.807, 2.05) is 66.7 Å². The maximum absolute atomic E-state index is 13.7. The Bertz CT molecular complexity index is 1220. The van der Waals surface area contributed by atoms with Crippen molar-refractivity contribution in [2.45, 2.75) is 145 Å². The van der Waals surface area contributed by atoms with Crippen LogP contribution in [0.1, 0.15) is 113 Å². The summed E-state index contributed by atoms with van der Waals surface area (Å²) >= 11 is 0. The number of carboxylic acid groups (broad SMARTS) is 1. The molecular formula is C42H77N5O8. The lowest BCUT2D eigenvalue weighted by Gasteiger charge is -2.39. The fourth-order valence-corrected chi connectivity index (χ4v) is 6.42. The van der Waals surface area contributed by atoms with Crippen LogP contribution in [0.4, 0.5) is 4.79 Å². The summed E-state index contributed by atoms with van der Waals surface area (Å²) in [4.78, 5) is 66.1. The van der Waals surface area contributed by atoms with Crippen LogP contribution in [-0.4, -0.2) is 116 Å².